The van der Waals surface area contributed by atoms with Crippen LogP contribution in [-0.4, -0.2) is 43.3 Å². The summed E-state index contributed by atoms with van der Waals surface area (Å²) >= 11 is 0. The second-order valence-electron chi connectivity index (χ2n) is 8.75. The van der Waals surface area contributed by atoms with Gasteiger partial charge in [-0.15, -0.1) is 0 Å². The highest BCUT2D eigenvalue weighted by molar-refractivity contribution is 5.70. The van der Waals surface area contributed by atoms with Gasteiger partial charge in [-0.05, 0) is 55.3 Å². The predicted octanol–water partition coefficient (Wildman–Crippen LogP) is 5.45. The molecule has 8 heteroatoms. The van der Waals surface area contributed by atoms with Gasteiger partial charge < -0.3 is 19.3 Å². The van der Waals surface area contributed by atoms with Gasteiger partial charge in [0.05, 0.1) is 26.2 Å². The number of nitrogens with zero attached hydrogens (tertiary/aromatic N) is 1. The lowest BCUT2D eigenvalue weighted by molar-refractivity contribution is -0.143. The van der Waals surface area contributed by atoms with Gasteiger partial charge in [0.15, 0.2) is 11.5 Å². The minimum atomic E-state index is -0.831. The first-order valence-corrected chi connectivity index (χ1v) is 11.8. The van der Waals surface area contributed by atoms with Crippen LogP contribution in [0.1, 0.15) is 35.6 Å². The Morgan fingerprint density at radius 2 is 1.64 bits per heavy atom. The van der Waals surface area contributed by atoms with Crippen molar-refractivity contribution in [2.45, 2.75) is 25.5 Å². The Hall–Kier alpha value is -3.65. The number of ether oxygens (including phenoxy) is 3. The molecule has 1 N–H and O–H groups in total. The van der Waals surface area contributed by atoms with E-state index in [1.165, 1.54) is 26.4 Å². The van der Waals surface area contributed by atoms with Crippen molar-refractivity contribution >= 4 is 5.97 Å². The third-order valence-corrected chi connectivity index (χ3v) is 6.53. The molecule has 1 fully saturated rings. The molecule has 3 aromatic rings. The van der Waals surface area contributed by atoms with Crippen molar-refractivity contribution in [2.24, 2.45) is 5.92 Å². The topological polar surface area (TPSA) is 68.2 Å². The molecule has 0 aromatic heterocycles. The molecule has 0 amide bonds. The van der Waals surface area contributed by atoms with Crippen LogP contribution < -0.4 is 14.2 Å². The number of hydrogen-bond donors (Lipinski definition) is 1. The van der Waals surface area contributed by atoms with E-state index in [1.54, 1.807) is 12.1 Å². The van der Waals surface area contributed by atoms with E-state index in [9.17, 15) is 14.3 Å². The van der Waals surface area contributed by atoms with E-state index in [1.807, 2.05) is 35.2 Å². The maximum absolute atomic E-state index is 15.1. The van der Waals surface area contributed by atoms with Crippen molar-refractivity contribution in [3.8, 4) is 17.2 Å². The second-order valence-corrected chi connectivity index (χ2v) is 8.75. The van der Waals surface area contributed by atoms with E-state index in [2.05, 4.69) is 0 Å². The molecular formula is C28H29F2NO5. The summed E-state index contributed by atoms with van der Waals surface area (Å²) < 4.78 is 46.1. The molecular weight excluding hydrogens is 468 g/mol. The summed E-state index contributed by atoms with van der Waals surface area (Å²) in [7, 11) is 3.03. The number of rotatable bonds is 9. The monoisotopic (exact) mass is 497 g/mol. The number of hydrogen-bond acceptors (Lipinski definition) is 5. The Bertz CT molecular complexity index is 1170. The average Bonchev–Trinajstić information content (AvgIpc) is 2.89. The van der Waals surface area contributed by atoms with Crippen molar-refractivity contribution in [2.75, 3.05) is 27.3 Å². The van der Waals surface area contributed by atoms with E-state index < -0.39 is 29.6 Å². The molecule has 6 nitrogen and oxygen atoms in total. The van der Waals surface area contributed by atoms with Crippen molar-refractivity contribution in [1.29, 1.82) is 0 Å². The minimum Gasteiger partial charge on any atom is -0.493 e. The largest absolute Gasteiger partial charge is 0.493 e. The fourth-order valence-corrected chi connectivity index (χ4v) is 4.64. The molecule has 0 radical (unpaired) electrons. The highest BCUT2D eigenvalue weighted by atomic mass is 19.1. The van der Waals surface area contributed by atoms with Crippen LogP contribution in [-0.2, 0) is 11.4 Å². The first-order valence-electron chi connectivity index (χ1n) is 11.8. The number of piperidine rings is 1. The van der Waals surface area contributed by atoms with Gasteiger partial charge >= 0.3 is 5.97 Å². The molecule has 0 saturated carbocycles. The van der Waals surface area contributed by atoms with Gasteiger partial charge in [-0.2, -0.15) is 0 Å². The number of aliphatic carboxylic acids is 1. The third kappa shape index (κ3) is 5.60. The highest BCUT2D eigenvalue weighted by Crippen LogP contribution is 2.44. The predicted molar refractivity (Wildman–Crippen MR) is 130 cm³/mol. The van der Waals surface area contributed by atoms with Gasteiger partial charge in [-0.3, -0.25) is 9.69 Å². The fourth-order valence-electron chi connectivity index (χ4n) is 4.64. The molecule has 1 heterocycles. The molecule has 1 aliphatic rings. The van der Waals surface area contributed by atoms with Gasteiger partial charge in [0, 0.05) is 11.6 Å². The van der Waals surface area contributed by atoms with Gasteiger partial charge in [0.2, 0.25) is 5.75 Å². The van der Waals surface area contributed by atoms with Crippen LogP contribution >= 0.6 is 0 Å². The maximum Gasteiger partial charge on any atom is 0.306 e. The quantitative estimate of drug-likeness (QED) is 0.424. The number of carboxylic acids is 1. The Balaban J connectivity index is 1.73. The van der Waals surface area contributed by atoms with E-state index in [-0.39, 0.29) is 5.56 Å². The molecule has 3 aromatic carbocycles. The molecule has 1 saturated heterocycles. The number of methoxy groups -OCH3 is 2. The Morgan fingerprint density at radius 1 is 1.00 bits per heavy atom. The summed E-state index contributed by atoms with van der Waals surface area (Å²) in [5, 5.41) is 9.40. The standard InChI is InChI=1S/C28H29F2NO5/c1-34-24-14-20(15-25(35-2)27(24)36-17-18-6-4-3-5-7-18)26(22-9-8-21(29)16-23(22)30)31-12-10-19(11-13-31)28(32)33/h3-9,14-16,19,26H,10-13,17H2,1-2H3,(H,32,33). The van der Waals surface area contributed by atoms with Crippen LogP contribution in [0.2, 0.25) is 0 Å². The van der Waals surface area contributed by atoms with Gasteiger partial charge in [-0.1, -0.05) is 36.4 Å². The summed E-state index contributed by atoms with van der Waals surface area (Å²) in [5.74, 6) is -1.39. The second kappa shape index (κ2) is 11.4. The molecule has 1 atom stereocenters. The number of carboxylic acid groups (broad SMARTS) is 1. The summed E-state index contributed by atoms with van der Waals surface area (Å²) in [4.78, 5) is 13.5. The van der Waals surface area contributed by atoms with Crippen molar-refractivity contribution < 1.29 is 32.9 Å². The Morgan fingerprint density at radius 3 is 2.19 bits per heavy atom. The third-order valence-electron chi connectivity index (χ3n) is 6.53. The Labute approximate surface area is 209 Å². The average molecular weight is 498 g/mol. The van der Waals surface area contributed by atoms with Crippen molar-refractivity contribution in [1.82, 2.24) is 4.90 Å². The van der Waals surface area contributed by atoms with Gasteiger partial charge in [0.25, 0.3) is 0 Å². The van der Waals surface area contributed by atoms with Crippen LogP contribution in [0.25, 0.3) is 0 Å². The zero-order valence-electron chi connectivity index (χ0n) is 20.2. The SMILES string of the molecule is COc1cc(C(c2ccc(F)cc2F)N2CCC(C(=O)O)CC2)cc(OC)c1OCc1ccccc1. The first-order chi connectivity index (χ1) is 17.4. The van der Waals surface area contributed by atoms with Crippen molar-refractivity contribution in [3.63, 3.8) is 0 Å². The maximum atomic E-state index is 15.1. The summed E-state index contributed by atoms with van der Waals surface area (Å²) in [5.41, 5.74) is 1.92. The fraction of sp³-hybridized carbons (Fsp3) is 0.321. The van der Waals surface area contributed by atoms with Gasteiger partial charge in [-0.25, -0.2) is 8.78 Å². The lowest BCUT2D eigenvalue weighted by Gasteiger charge is -2.37. The van der Waals surface area contributed by atoms with E-state index in [0.717, 1.165) is 11.6 Å². The number of benzene rings is 3. The number of halogens is 2. The normalized spacial score (nSPS) is 15.3. The molecule has 36 heavy (non-hydrogen) atoms. The lowest BCUT2D eigenvalue weighted by atomic mass is 9.90. The van der Waals surface area contributed by atoms with Crippen LogP contribution in [0.4, 0.5) is 8.78 Å². The summed E-state index contributed by atoms with van der Waals surface area (Å²) in [6, 6.07) is 16.1. The number of carbonyl (C=O) groups is 1. The van der Waals surface area contributed by atoms with E-state index in [4.69, 9.17) is 14.2 Å². The van der Waals surface area contributed by atoms with Crippen LogP contribution in [0.5, 0.6) is 17.2 Å². The first kappa shape index (κ1) is 25.4. The molecule has 190 valence electrons. The zero-order valence-corrected chi connectivity index (χ0v) is 20.2. The highest BCUT2D eigenvalue weighted by Gasteiger charge is 2.33. The van der Waals surface area contributed by atoms with E-state index >= 15 is 4.39 Å². The Kier molecular flexibility index (Phi) is 8.05. The van der Waals surface area contributed by atoms with Gasteiger partial charge in [0.1, 0.15) is 18.2 Å². The molecule has 1 unspecified atom stereocenters. The smallest absolute Gasteiger partial charge is 0.306 e. The van der Waals surface area contributed by atoms with Crippen LogP contribution in [0.3, 0.4) is 0 Å². The summed E-state index contributed by atoms with van der Waals surface area (Å²) in [6.07, 6.45) is 0.863. The van der Waals surface area contributed by atoms with Crippen LogP contribution in [0.15, 0.2) is 60.7 Å². The van der Waals surface area contributed by atoms with Crippen molar-refractivity contribution in [3.05, 3.63) is 89.0 Å². The molecule has 1 aliphatic heterocycles. The number of likely N-dealkylation sites (tertiary alicyclic amines) is 1. The summed E-state index contributed by atoms with van der Waals surface area (Å²) in [6.45, 7) is 1.18. The molecule has 4 rings (SSSR count). The van der Waals surface area contributed by atoms with Crippen LogP contribution in [0, 0.1) is 17.6 Å². The minimum absolute atomic E-state index is 0.284. The van der Waals surface area contributed by atoms with E-state index in [0.29, 0.717) is 55.4 Å². The molecule has 0 aliphatic carbocycles. The lowest BCUT2D eigenvalue weighted by Crippen LogP contribution is -2.39. The molecule has 0 spiro atoms. The zero-order chi connectivity index (χ0) is 25.7. The molecule has 0 bridgehead atoms.